The molecule has 1 heterocycles. The zero-order chi connectivity index (χ0) is 19.7. The van der Waals surface area contributed by atoms with Crippen LogP contribution in [0.2, 0.25) is 0 Å². The third-order valence-electron chi connectivity index (χ3n) is 4.17. The van der Waals surface area contributed by atoms with Crippen LogP contribution in [-0.4, -0.2) is 30.8 Å². The van der Waals surface area contributed by atoms with Crippen molar-refractivity contribution < 1.29 is 14.5 Å². The molecule has 0 spiro atoms. The first-order valence-electron chi connectivity index (χ1n) is 8.17. The van der Waals surface area contributed by atoms with Gasteiger partial charge in [0.25, 0.3) is 17.5 Å². The van der Waals surface area contributed by atoms with E-state index >= 15 is 0 Å². The fourth-order valence-corrected chi connectivity index (χ4v) is 2.75. The summed E-state index contributed by atoms with van der Waals surface area (Å²) < 4.78 is 0. The lowest BCUT2D eigenvalue weighted by Gasteiger charge is -2.14. The van der Waals surface area contributed by atoms with Crippen LogP contribution in [0, 0.1) is 17.0 Å². The van der Waals surface area contributed by atoms with Gasteiger partial charge in [0.15, 0.2) is 0 Å². The summed E-state index contributed by atoms with van der Waals surface area (Å²) in [6, 6.07) is 11.7. The molecular weight excluding hydrogens is 348 g/mol. The number of rotatable bonds is 4. The molecule has 1 aliphatic heterocycles. The standard InChI is InChI=1S/C19H18N4O4/c1-12-4-7-14(8-5-12)22-19(25)15(18(24)20-22)10-13-6-9-16(21(2)3)17(11-13)23(26)27/h4-11H,1-3H3,(H,20,24). The fourth-order valence-electron chi connectivity index (χ4n) is 2.75. The number of carbonyl (C=O) groups is 2. The van der Waals surface area contributed by atoms with Crippen LogP contribution < -0.4 is 15.3 Å². The minimum Gasteiger partial charge on any atom is -0.372 e. The maximum absolute atomic E-state index is 12.6. The van der Waals surface area contributed by atoms with Crippen LogP contribution in [0.25, 0.3) is 6.08 Å². The van der Waals surface area contributed by atoms with Gasteiger partial charge in [-0.15, -0.1) is 0 Å². The Morgan fingerprint density at radius 1 is 1.11 bits per heavy atom. The van der Waals surface area contributed by atoms with Crippen molar-refractivity contribution in [2.75, 3.05) is 24.0 Å². The van der Waals surface area contributed by atoms with Crippen molar-refractivity contribution in [3.8, 4) is 0 Å². The van der Waals surface area contributed by atoms with Crippen molar-refractivity contribution in [3.63, 3.8) is 0 Å². The molecule has 1 fully saturated rings. The highest BCUT2D eigenvalue weighted by Gasteiger charge is 2.34. The van der Waals surface area contributed by atoms with Crippen LogP contribution >= 0.6 is 0 Å². The number of aryl methyl sites for hydroxylation is 1. The summed E-state index contributed by atoms with van der Waals surface area (Å²) in [5.74, 6) is -1.07. The highest BCUT2D eigenvalue weighted by Crippen LogP contribution is 2.29. The van der Waals surface area contributed by atoms with Crippen LogP contribution in [-0.2, 0) is 9.59 Å². The summed E-state index contributed by atoms with van der Waals surface area (Å²) in [5.41, 5.74) is 4.73. The van der Waals surface area contributed by atoms with Gasteiger partial charge < -0.3 is 4.90 Å². The molecule has 0 aliphatic carbocycles. The van der Waals surface area contributed by atoms with E-state index in [1.165, 1.54) is 12.1 Å². The number of nitro benzene ring substituents is 1. The first-order valence-corrected chi connectivity index (χ1v) is 8.17. The Morgan fingerprint density at radius 2 is 1.78 bits per heavy atom. The minimum absolute atomic E-state index is 0.0810. The Morgan fingerprint density at radius 3 is 2.37 bits per heavy atom. The largest absolute Gasteiger partial charge is 0.372 e. The van der Waals surface area contributed by atoms with E-state index in [2.05, 4.69) is 5.43 Å². The summed E-state index contributed by atoms with van der Waals surface area (Å²) in [5, 5.41) is 12.5. The summed E-state index contributed by atoms with van der Waals surface area (Å²) in [6.07, 6.45) is 1.36. The number of hydrogen-bond donors (Lipinski definition) is 1. The highest BCUT2D eigenvalue weighted by molar-refractivity contribution is 6.31. The van der Waals surface area contributed by atoms with Crippen molar-refractivity contribution in [3.05, 3.63) is 69.3 Å². The molecule has 2 amide bonds. The van der Waals surface area contributed by atoms with Crippen LogP contribution in [0.3, 0.4) is 0 Å². The third-order valence-corrected chi connectivity index (χ3v) is 4.17. The molecule has 8 heteroatoms. The molecule has 0 aromatic heterocycles. The van der Waals surface area contributed by atoms with E-state index in [9.17, 15) is 19.7 Å². The van der Waals surface area contributed by atoms with Gasteiger partial charge in [-0.3, -0.25) is 25.1 Å². The van der Waals surface area contributed by atoms with E-state index in [1.807, 2.05) is 19.1 Å². The van der Waals surface area contributed by atoms with E-state index < -0.39 is 16.7 Å². The van der Waals surface area contributed by atoms with Crippen LogP contribution in [0.1, 0.15) is 11.1 Å². The minimum atomic E-state index is -0.556. The highest BCUT2D eigenvalue weighted by atomic mass is 16.6. The molecule has 1 saturated heterocycles. The number of carbonyl (C=O) groups excluding carboxylic acids is 2. The van der Waals surface area contributed by atoms with Crippen LogP contribution in [0.4, 0.5) is 17.1 Å². The van der Waals surface area contributed by atoms with Crippen molar-refractivity contribution in [2.24, 2.45) is 0 Å². The molecule has 0 atom stereocenters. The number of benzene rings is 2. The molecule has 2 aromatic carbocycles. The maximum Gasteiger partial charge on any atom is 0.293 e. The first kappa shape index (κ1) is 18.1. The van der Waals surface area contributed by atoms with Crippen molar-refractivity contribution >= 4 is 35.0 Å². The molecule has 0 saturated carbocycles. The zero-order valence-corrected chi connectivity index (χ0v) is 15.1. The average Bonchev–Trinajstić information content (AvgIpc) is 2.90. The SMILES string of the molecule is Cc1ccc(N2NC(=O)C(=Cc3ccc(N(C)C)c([N+](=O)[O-])c3)C2=O)cc1. The zero-order valence-electron chi connectivity index (χ0n) is 15.1. The molecule has 0 unspecified atom stereocenters. The Hall–Kier alpha value is -3.68. The molecule has 1 N–H and O–H groups in total. The van der Waals surface area contributed by atoms with Gasteiger partial charge in [0, 0.05) is 20.2 Å². The number of nitrogens with zero attached hydrogens (tertiary/aromatic N) is 3. The summed E-state index contributed by atoms with van der Waals surface area (Å²) in [6.45, 7) is 1.92. The summed E-state index contributed by atoms with van der Waals surface area (Å²) >= 11 is 0. The van der Waals surface area contributed by atoms with Gasteiger partial charge in [0.1, 0.15) is 11.3 Å². The number of anilines is 2. The number of hydrazine groups is 1. The van der Waals surface area contributed by atoms with Crippen molar-refractivity contribution in [1.82, 2.24) is 5.43 Å². The van der Waals surface area contributed by atoms with E-state index in [-0.39, 0.29) is 11.3 Å². The van der Waals surface area contributed by atoms with Gasteiger partial charge in [-0.2, -0.15) is 0 Å². The predicted octanol–water partition coefficient (Wildman–Crippen LogP) is 2.43. The molecular formula is C19H18N4O4. The van der Waals surface area contributed by atoms with Crippen molar-refractivity contribution in [2.45, 2.75) is 6.92 Å². The normalized spacial score (nSPS) is 15.2. The lowest BCUT2D eigenvalue weighted by atomic mass is 10.1. The second-order valence-electron chi connectivity index (χ2n) is 6.37. The first-order chi connectivity index (χ1) is 12.8. The quantitative estimate of drug-likeness (QED) is 0.388. The van der Waals surface area contributed by atoms with Gasteiger partial charge in [0.05, 0.1) is 10.6 Å². The Balaban J connectivity index is 1.96. The predicted molar refractivity (Wildman–Crippen MR) is 102 cm³/mol. The number of hydrogen-bond acceptors (Lipinski definition) is 5. The van der Waals surface area contributed by atoms with Gasteiger partial charge in [-0.1, -0.05) is 23.8 Å². The van der Waals surface area contributed by atoms with Crippen LogP contribution in [0.5, 0.6) is 0 Å². The van der Waals surface area contributed by atoms with Crippen molar-refractivity contribution in [1.29, 1.82) is 0 Å². The lowest BCUT2D eigenvalue weighted by Crippen LogP contribution is -2.35. The Bertz CT molecular complexity index is 964. The van der Waals surface area contributed by atoms with E-state index in [4.69, 9.17) is 0 Å². The maximum atomic E-state index is 12.6. The fraction of sp³-hybridized carbons (Fsp3) is 0.158. The molecule has 138 valence electrons. The van der Waals surface area contributed by atoms with Gasteiger partial charge >= 0.3 is 0 Å². The third kappa shape index (κ3) is 3.50. The number of nitro groups is 1. The monoisotopic (exact) mass is 366 g/mol. The summed E-state index contributed by atoms with van der Waals surface area (Å²) in [7, 11) is 3.40. The van der Waals surface area contributed by atoms with E-state index in [1.54, 1.807) is 43.3 Å². The molecule has 1 aliphatic rings. The molecule has 3 rings (SSSR count). The molecule has 27 heavy (non-hydrogen) atoms. The smallest absolute Gasteiger partial charge is 0.293 e. The van der Waals surface area contributed by atoms with Crippen LogP contribution in [0.15, 0.2) is 48.0 Å². The van der Waals surface area contributed by atoms with Gasteiger partial charge in [0.2, 0.25) is 0 Å². The topological polar surface area (TPSA) is 95.8 Å². The van der Waals surface area contributed by atoms with E-state index in [0.29, 0.717) is 16.9 Å². The molecule has 0 radical (unpaired) electrons. The lowest BCUT2D eigenvalue weighted by molar-refractivity contribution is -0.384. The molecule has 0 bridgehead atoms. The van der Waals surface area contributed by atoms with Gasteiger partial charge in [-0.05, 0) is 36.8 Å². The molecule has 2 aromatic rings. The van der Waals surface area contributed by atoms with E-state index in [0.717, 1.165) is 10.6 Å². The Labute approximate surface area is 155 Å². The van der Waals surface area contributed by atoms with Gasteiger partial charge in [-0.25, -0.2) is 5.01 Å². The number of amides is 2. The summed E-state index contributed by atoms with van der Waals surface area (Å²) in [4.78, 5) is 37.3. The second-order valence-corrected chi connectivity index (χ2v) is 6.37. The Kier molecular flexibility index (Phi) is 4.64. The number of nitrogens with one attached hydrogen (secondary N) is 1. The average molecular weight is 366 g/mol. The second kappa shape index (κ2) is 6.91. The molecule has 8 nitrogen and oxygen atoms in total.